The van der Waals surface area contributed by atoms with Crippen molar-refractivity contribution in [3.63, 3.8) is 0 Å². The van der Waals surface area contributed by atoms with Gasteiger partial charge in [-0.15, -0.1) is 0 Å². The molecule has 1 aliphatic rings. The van der Waals surface area contributed by atoms with Crippen molar-refractivity contribution in [2.75, 3.05) is 5.32 Å². The summed E-state index contributed by atoms with van der Waals surface area (Å²) in [5.74, 6) is 0.931. The zero-order valence-electron chi connectivity index (χ0n) is 14.5. The van der Waals surface area contributed by atoms with Crippen LogP contribution in [0.2, 0.25) is 0 Å². The predicted octanol–water partition coefficient (Wildman–Crippen LogP) is 4.41. The number of aryl methyl sites for hydroxylation is 1. The molecule has 4 rings (SSSR count). The molecule has 2 aromatic heterocycles. The Morgan fingerprint density at radius 2 is 1.93 bits per heavy atom. The van der Waals surface area contributed by atoms with E-state index in [1.165, 1.54) is 12.4 Å². The van der Waals surface area contributed by atoms with Crippen LogP contribution in [0.5, 0.6) is 0 Å². The van der Waals surface area contributed by atoms with E-state index in [4.69, 9.17) is 0 Å². The number of nitrogens with zero attached hydrogens (tertiary/aromatic N) is 5. The first-order valence-corrected chi connectivity index (χ1v) is 8.59. The minimum atomic E-state index is -4.53. The molecule has 1 aliphatic carbocycles. The van der Waals surface area contributed by atoms with Crippen molar-refractivity contribution in [3.05, 3.63) is 46.9 Å². The van der Waals surface area contributed by atoms with Crippen LogP contribution in [0.4, 0.5) is 24.9 Å². The Labute approximate surface area is 165 Å². The van der Waals surface area contributed by atoms with Gasteiger partial charge in [0.2, 0.25) is 5.95 Å². The highest BCUT2D eigenvalue weighted by Gasteiger charge is 2.31. The van der Waals surface area contributed by atoms with Crippen LogP contribution in [-0.2, 0) is 19.0 Å². The molecule has 10 heteroatoms. The number of hydrogen-bond donors (Lipinski definition) is 2. The van der Waals surface area contributed by atoms with Gasteiger partial charge in [-0.3, -0.25) is 5.10 Å². The maximum atomic E-state index is 12.9. The van der Waals surface area contributed by atoms with Gasteiger partial charge in [-0.2, -0.15) is 28.5 Å². The fraction of sp³-hybridized carbons (Fsp3) is 0.316. The summed E-state index contributed by atoms with van der Waals surface area (Å²) in [7, 11) is 0. The predicted molar refractivity (Wildman–Crippen MR) is 100 cm³/mol. The standard InChI is InChI=1S/C18H14F3N7.CH4/c19-18(20,21)11-5-6-12(10(7-11)8-22)15-23-9-24-17(25-15)26-16-13-3-1-2-4-14(13)27-28-16;/h5-7,9H,1-4H2,(H2,23,24,25,26,27,28);1H4. The highest BCUT2D eigenvalue weighted by atomic mass is 19.4. The fourth-order valence-corrected chi connectivity index (χ4v) is 3.18. The number of hydrogen-bond acceptors (Lipinski definition) is 6. The molecule has 1 aromatic carbocycles. The van der Waals surface area contributed by atoms with Gasteiger partial charge in [-0.05, 0) is 43.9 Å². The molecule has 0 atom stereocenters. The minimum absolute atomic E-state index is 0. The molecule has 0 saturated heterocycles. The third kappa shape index (κ3) is 4.03. The SMILES string of the molecule is C.N#Cc1cc(C(F)(F)F)ccc1-c1ncnc(Nc2n[nH]c3c2CCCC3)n1. The molecule has 2 heterocycles. The molecular formula is C19H18F3N7. The lowest BCUT2D eigenvalue weighted by Crippen LogP contribution is -2.07. The second-order valence-electron chi connectivity index (χ2n) is 6.36. The van der Waals surface area contributed by atoms with E-state index in [1.54, 1.807) is 6.07 Å². The van der Waals surface area contributed by atoms with Gasteiger partial charge in [0, 0.05) is 16.8 Å². The van der Waals surface area contributed by atoms with Crippen LogP contribution in [-0.4, -0.2) is 25.1 Å². The van der Waals surface area contributed by atoms with Crippen LogP contribution in [0.25, 0.3) is 11.4 Å². The lowest BCUT2D eigenvalue weighted by atomic mass is 9.98. The van der Waals surface area contributed by atoms with Gasteiger partial charge in [-0.1, -0.05) is 7.43 Å². The van der Waals surface area contributed by atoms with Crippen LogP contribution < -0.4 is 5.32 Å². The number of halogens is 3. The number of nitriles is 1. The zero-order valence-corrected chi connectivity index (χ0v) is 14.5. The topological polar surface area (TPSA) is 103 Å². The molecule has 0 saturated carbocycles. The summed E-state index contributed by atoms with van der Waals surface area (Å²) < 4.78 is 38.6. The Morgan fingerprint density at radius 3 is 2.69 bits per heavy atom. The molecule has 0 aliphatic heterocycles. The van der Waals surface area contributed by atoms with Crippen molar-refractivity contribution in [3.8, 4) is 17.5 Å². The Bertz CT molecular complexity index is 1070. The number of benzene rings is 1. The van der Waals surface area contributed by atoms with Gasteiger partial charge in [0.05, 0.1) is 17.2 Å². The van der Waals surface area contributed by atoms with Gasteiger partial charge in [0.15, 0.2) is 11.6 Å². The van der Waals surface area contributed by atoms with E-state index in [1.807, 2.05) is 0 Å². The lowest BCUT2D eigenvalue weighted by Gasteiger charge is -2.12. The van der Waals surface area contributed by atoms with Crippen LogP contribution in [0.15, 0.2) is 24.5 Å². The van der Waals surface area contributed by atoms with Crippen LogP contribution in [0.3, 0.4) is 0 Å². The molecule has 2 N–H and O–H groups in total. The zero-order chi connectivity index (χ0) is 19.7. The smallest absolute Gasteiger partial charge is 0.307 e. The number of aromatic amines is 1. The molecular weight excluding hydrogens is 383 g/mol. The van der Waals surface area contributed by atoms with E-state index in [9.17, 15) is 18.4 Å². The van der Waals surface area contributed by atoms with Crippen LogP contribution in [0, 0.1) is 11.3 Å². The maximum Gasteiger partial charge on any atom is 0.416 e. The highest BCUT2D eigenvalue weighted by molar-refractivity contribution is 5.66. The van der Waals surface area contributed by atoms with Gasteiger partial charge < -0.3 is 5.32 Å². The molecule has 7 nitrogen and oxygen atoms in total. The van der Waals surface area contributed by atoms with Crippen molar-refractivity contribution in [2.24, 2.45) is 0 Å². The number of alkyl halides is 3. The largest absolute Gasteiger partial charge is 0.416 e. The first kappa shape index (κ1) is 20.3. The Kier molecular flexibility index (Phi) is 5.50. The first-order valence-electron chi connectivity index (χ1n) is 8.59. The van der Waals surface area contributed by atoms with Gasteiger partial charge in [0.1, 0.15) is 6.33 Å². The Morgan fingerprint density at radius 1 is 1.14 bits per heavy atom. The van der Waals surface area contributed by atoms with Crippen molar-refractivity contribution in [1.82, 2.24) is 25.1 Å². The summed E-state index contributed by atoms with van der Waals surface area (Å²) in [6, 6.07) is 4.65. The van der Waals surface area contributed by atoms with E-state index < -0.39 is 11.7 Å². The van der Waals surface area contributed by atoms with Gasteiger partial charge in [-0.25, -0.2) is 9.97 Å². The number of fused-ring (bicyclic) bond motifs is 1. The second-order valence-corrected chi connectivity index (χ2v) is 6.36. The molecule has 0 radical (unpaired) electrons. The molecule has 0 fully saturated rings. The Balaban J connectivity index is 0.00000240. The number of rotatable bonds is 3. The molecule has 0 spiro atoms. The van der Waals surface area contributed by atoms with Crippen LogP contribution in [0.1, 0.15) is 42.7 Å². The van der Waals surface area contributed by atoms with E-state index >= 15 is 0 Å². The molecule has 0 amide bonds. The first-order chi connectivity index (χ1) is 13.5. The normalized spacial score (nSPS) is 13.2. The number of nitrogens with one attached hydrogen (secondary N) is 2. The summed E-state index contributed by atoms with van der Waals surface area (Å²) in [6.07, 6.45) is 0.709. The van der Waals surface area contributed by atoms with Crippen LogP contribution >= 0.6 is 0 Å². The number of anilines is 2. The summed E-state index contributed by atoms with van der Waals surface area (Å²) in [5.41, 5.74) is 1.30. The van der Waals surface area contributed by atoms with Crippen molar-refractivity contribution < 1.29 is 13.2 Å². The van der Waals surface area contributed by atoms with Crippen molar-refractivity contribution in [2.45, 2.75) is 39.3 Å². The molecule has 0 unspecified atom stereocenters. The summed E-state index contributed by atoms with van der Waals surface area (Å²) in [5, 5.41) is 19.5. The van der Waals surface area contributed by atoms with E-state index in [2.05, 4.69) is 30.5 Å². The average Bonchev–Trinajstić information content (AvgIpc) is 3.10. The fourth-order valence-electron chi connectivity index (χ4n) is 3.18. The van der Waals surface area contributed by atoms with Crippen molar-refractivity contribution in [1.29, 1.82) is 5.26 Å². The molecule has 3 aromatic rings. The Hall–Kier alpha value is -3.48. The summed E-state index contributed by atoms with van der Waals surface area (Å²) in [6.45, 7) is 0. The monoisotopic (exact) mass is 401 g/mol. The van der Waals surface area contributed by atoms with E-state index in [0.29, 0.717) is 5.82 Å². The highest BCUT2D eigenvalue weighted by Crippen LogP contribution is 2.33. The van der Waals surface area contributed by atoms with Gasteiger partial charge >= 0.3 is 6.18 Å². The number of H-pyrrole nitrogens is 1. The minimum Gasteiger partial charge on any atom is -0.307 e. The van der Waals surface area contributed by atoms with Gasteiger partial charge in [0.25, 0.3) is 0 Å². The molecule has 150 valence electrons. The number of aromatic nitrogens is 5. The molecule has 0 bridgehead atoms. The molecule has 29 heavy (non-hydrogen) atoms. The lowest BCUT2D eigenvalue weighted by molar-refractivity contribution is -0.137. The third-order valence-corrected chi connectivity index (χ3v) is 4.57. The maximum absolute atomic E-state index is 12.9. The quantitative estimate of drug-likeness (QED) is 0.674. The van der Waals surface area contributed by atoms with E-state index in [-0.39, 0.29) is 30.3 Å². The van der Waals surface area contributed by atoms with E-state index in [0.717, 1.165) is 49.1 Å². The summed E-state index contributed by atoms with van der Waals surface area (Å²) >= 11 is 0. The van der Waals surface area contributed by atoms with Crippen molar-refractivity contribution >= 4 is 11.8 Å². The second kappa shape index (κ2) is 7.87. The third-order valence-electron chi connectivity index (χ3n) is 4.57. The average molecular weight is 401 g/mol. The summed E-state index contributed by atoms with van der Waals surface area (Å²) in [4.78, 5) is 12.3.